The van der Waals surface area contributed by atoms with Crippen molar-refractivity contribution in [1.82, 2.24) is 0 Å². The summed E-state index contributed by atoms with van der Waals surface area (Å²) in [6, 6.07) is 29.3. The van der Waals surface area contributed by atoms with E-state index in [0.29, 0.717) is 0 Å². The van der Waals surface area contributed by atoms with Gasteiger partial charge in [-0.3, -0.25) is 0 Å². The van der Waals surface area contributed by atoms with E-state index in [9.17, 15) is 15.0 Å². The Morgan fingerprint density at radius 3 is 1.52 bits per heavy atom. The Morgan fingerprint density at radius 2 is 1.17 bits per heavy atom. The molecule has 2 N–H and O–H groups in total. The zero-order valence-electron chi connectivity index (χ0n) is 15.7. The molecule has 0 amide bonds. The van der Waals surface area contributed by atoms with Crippen molar-refractivity contribution in [1.29, 1.82) is 0 Å². The zero-order chi connectivity index (χ0) is 20.3. The van der Waals surface area contributed by atoms with Crippen LogP contribution < -0.4 is 0 Å². The molecule has 0 saturated carbocycles. The van der Waals surface area contributed by atoms with Gasteiger partial charge < -0.3 is 19.7 Å². The molecule has 0 radical (unpaired) electrons. The second-order valence-corrected chi connectivity index (χ2v) is 7.00. The van der Waals surface area contributed by atoms with Gasteiger partial charge in [0, 0.05) is 0 Å². The summed E-state index contributed by atoms with van der Waals surface area (Å²) in [5.41, 5.74) is 1.72. The molecule has 148 valence electrons. The molecule has 0 aliphatic carbocycles. The fourth-order valence-corrected chi connectivity index (χ4v) is 3.74. The highest BCUT2D eigenvalue weighted by Gasteiger charge is 2.45. The first kappa shape index (κ1) is 19.3. The van der Waals surface area contributed by atoms with Crippen LogP contribution in [0, 0.1) is 0 Å². The Labute approximate surface area is 169 Å². The molecule has 0 spiro atoms. The molecule has 3 aromatic carbocycles. The third-order valence-corrected chi connectivity index (χ3v) is 5.22. The molecular weight excluding hydrogens is 368 g/mol. The lowest BCUT2D eigenvalue weighted by Gasteiger charge is -2.36. The smallest absolute Gasteiger partial charge is 0.338 e. The van der Waals surface area contributed by atoms with Crippen LogP contribution in [0.3, 0.4) is 0 Å². The van der Waals surface area contributed by atoms with Crippen LogP contribution in [0.25, 0.3) is 0 Å². The van der Waals surface area contributed by atoms with Crippen molar-refractivity contribution in [3.63, 3.8) is 0 Å². The molecule has 0 bridgehead atoms. The second kappa shape index (κ2) is 8.17. The summed E-state index contributed by atoms with van der Waals surface area (Å²) in [5, 5.41) is 19.9. The van der Waals surface area contributed by atoms with Gasteiger partial charge >= 0.3 is 5.97 Å². The third-order valence-electron chi connectivity index (χ3n) is 5.22. The quantitative estimate of drug-likeness (QED) is 0.500. The summed E-state index contributed by atoms with van der Waals surface area (Å²) in [7, 11) is 0. The van der Waals surface area contributed by atoms with Crippen molar-refractivity contribution in [2.75, 3.05) is 6.61 Å². The number of esters is 1. The van der Waals surface area contributed by atoms with Gasteiger partial charge in [0.05, 0.1) is 6.61 Å². The maximum absolute atomic E-state index is 11.6. The van der Waals surface area contributed by atoms with Crippen molar-refractivity contribution in [2.24, 2.45) is 0 Å². The van der Waals surface area contributed by atoms with E-state index in [1.54, 1.807) is 0 Å². The fourth-order valence-electron chi connectivity index (χ4n) is 3.74. The maximum atomic E-state index is 11.6. The molecule has 3 aromatic rings. The predicted octanol–water partition coefficient (Wildman–Crippen LogP) is 2.64. The molecule has 1 heterocycles. The van der Waals surface area contributed by atoms with E-state index in [4.69, 9.17) is 9.47 Å². The highest BCUT2D eigenvalue weighted by molar-refractivity contribution is 5.77. The minimum atomic E-state index is -1.55. The normalized spacial score (nSPS) is 21.7. The van der Waals surface area contributed by atoms with Gasteiger partial charge in [-0.15, -0.1) is 0 Å². The van der Waals surface area contributed by atoms with Gasteiger partial charge in [-0.25, -0.2) is 4.79 Å². The minimum Gasteiger partial charge on any atom is -0.455 e. The number of carbonyl (C=O) groups is 1. The van der Waals surface area contributed by atoms with E-state index in [2.05, 4.69) is 0 Å². The molecule has 5 heteroatoms. The molecule has 0 unspecified atom stereocenters. The van der Waals surface area contributed by atoms with Crippen LogP contribution in [0.1, 0.15) is 16.7 Å². The number of hydrogen-bond donors (Lipinski definition) is 2. The van der Waals surface area contributed by atoms with Crippen LogP contribution in [0.5, 0.6) is 0 Å². The minimum absolute atomic E-state index is 0.0807. The van der Waals surface area contributed by atoms with Gasteiger partial charge in [0.15, 0.2) is 12.2 Å². The van der Waals surface area contributed by atoms with Crippen LogP contribution in [0.15, 0.2) is 91.0 Å². The summed E-state index contributed by atoms with van der Waals surface area (Å²) in [5.74, 6) is -0.837. The summed E-state index contributed by atoms with van der Waals surface area (Å²) >= 11 is 0. The number of cyclic esters (lactones) is 1. The summed E-state index contributed by atoms with van der Waals surface area (Å²) in [4.78, 5) is 11.6. The maximum Gasteiger partial charge on any atom is 0.338 e. The third kappa shape index (κ3) is 3.56. The first-order valence-corrected chi connectivity index (χ1v) is 9.50. The second-order valence-electron chi connectivity index (χ2n) is 7.00. The van der Waals surface area contributed by atoms with E-state index in [1.807, 2.05) is 91.0 Å². The average Bonchev–Trinajstić information content (AvgIpc) is 3.03. The molecule has 4 rings (SSSR count). The van der Waals surface area contributed by atoms with Gasteiger partial charge in [0.2, 0.25) is 0 Å². The molecular formula is C24H22O5. The first-order chi connectivity index (χ1) is 14.1. The molecule has 1 fully saturated rings. The summed E-state index contributed by atoms with van der Waals surface area (Å²) < 4.78 is 11.6. The van der Waals surface area contributed by atoms with Gasteiger partial charge in [-0.1, -0.05) is 91.0 Å². The Morgan fingerprint density at radius 1 is 0.759 bits per heavy atom. The first-order valence-electron chi connectivity index (χ1n) is 9.50. The number of hydrogen-bond acceptors (Lipinski definition) is 5. The van der Waals surface area contributed by atoms with Crippen molar-refractivity contribution < 1.29 is 24.5 Å². The molecule has 5 nitrogen and oxygen atoms in total. The van der Waals surface area contributed by atoms with E-state index < -0.39 is 29.9 Å². The van der Waals surface area contributed by atoms with E-state index in [-0.39, 0.29) is 6.61 Å². The van der Waals surface area contributed by atoms with Crippen molar-refractivity contribution in [3.05, 3.63) is 108 Å². The van der Waals surface area contributed by atoms with Crippen LogP contribution in [0.4, 0.5) is 0 Å². The number of carbonyl (C=O) groups excluding carboxylic acids is 1. The topological polar surface area (TPSA) is 76.0 Å². The molecule has 1 aliphatic rings. The van der Waals surface area contributed by atoms with Crippen molar-refractivity contribution in [3.8, 4) is 0 Å². The Balaban J connectivity index is 1.81. The van der Waals surface area contributed by atoms with Crippen LogP contribution in [0.2, 0.25) is 0 Å². The number of rotatable bonds is 6. The molecule has 1 aliphatic heterocycles. The molecule has 1 saturated heterocycles. The van der Waals surface area contributed by atoms with Gasteiger partial charge in [0.1, 0.15) is 11.7 Å². The van der Waals surface area contributed by atoms with Gasteiger partial charge in [-0.05, 0) is 16.7 Å². The van der Waals surface area contributed by atoms with E-state index >= 15 is 0 Å². The lowest BCUT2D eigenvalue weighted by molar-refractivity contribution is -0.150. The lowest BCUT2D eigenvalue weighted by Crippen LogP contribution is -2.39. The SMILES string of the molecule is O=C1O[C@@H](COC(c2ccccc2)(c2ccccc2)c2ccccc2)[C@@H](O)[C@@H]1O. The van der Waals surface area contributed by atoms with Crippen LogP contribution in [-0.2, 0) is 19.9 Å². The molecule has 29 heavy (non-hydrogen) atoms. The zero-order valence-corrected chi connectivity index (χ0v) is 15.7. The number of aliphatic hydroxyl groups is 2. The molecule has 3 atom stereocenters. The standard InChI is InChI=1S/C24H22O5/c25-21-20(29-23(27)22(21)26)16-28-24(17-10-4-1-5-11-17,18-12-6-2-7-13-18)19-14-8-3-9-15-19/h1-15,20-22,25-26H,16H2/t20-,21+,22-/m0/s1. The highest BCUT2D eigenvalue weighted by atomic mass is 16.6. The Bertz CT molecular complexity index is 846. The number of ether oxygens (including phenoxy) is 2. The summed E-state index contributed by atoms with van der Waals surface area (Å²) in [6.45, 7) is -0.0807. The average molecular weight is 390 g/mol. The summed E-state index contributed by atoms with van der Waals surface area (Å²) in [6.07, 6.45) is -3.83. The number of benzene rings is 3. The predicted molar refractivity (Wildman–Crippen MR) is 107 cm³/mol. The van der Waals surface area contributed by atoms with Gasteiger partial charge in [-0.2, -0.15) is 0 Å². The Kier molecular flexibility index (Phi) is 5.45. The van der Waals surface area contributed by atoms with Crippen LogP contribution in [-0.4, -0.2) is 41.1 Å². The molecule has 0 aromatic heterocycles. The van der Waals surface area contributed by atoms with E-state index in [1.165, 1.54) is 0 Å². The van der Waals surface area contributed by atoms with Crippen molar-refractivity contribution in [2.45, 2.75) is 23.9 Å². The Hall–Kier alpha value is -2.99. The largest absolute Gasteiger partial charge is 0.455 e. The van der Waals surface area contributed by atoms with Gasteiger partial charge in [0.25, 0.3) is 0 Å². The van der Waals surface area contributed by atoms with Crippen molar-refractivity contribution >= 4 is 5.97 Å². The van der Waals surface area contributed by atoms with Crippen LogP contribution >= 0.6 is 0 Å². The van der Waals surface area contributed by atoms with E-state index in [0.717, 1.165) is 16.7 Å². The monoisotopic (exact) mass is 390 g/mol. The lowest BCUT2D eigenvalue weighted by atomic mass is 9.80. The highest BCUT2D eigenvalue weighted by Crippen LogP contribution is 2.40. The number of aliphatic hydroxyl groups excluding tert-OH is 2. The fraction of sp³-hybridized carbons (Fsp3) is 0.208.